The van der Waals surface area contributed by atoms with Gasteiger partial charge in [-0.2, -0.15) is 0 Å². The Morgan fingerprint density at radius 2 is 0.690 bits per heavy atom. The summed E-state index contributed by atoms with van der Waals surface area (Å²) in [6.07, 6.45) is 38.3. The number of phenolic OH excluding ortho intramolecular Hbond substituents is 1. The van der Waals surface area contributed by atoms with E-state index in [0.717, 1.165) is 27.7 Å². The molecule has 0 aliphatic carbocycles. The van der Waals surface area contributed by atoms with Crippen LogP contribution in [0.25, 0.3) is 0 Å². The van der Waals surface area contributed by atoms with Crippen LogP contribution in [0.15, 0.2) is 21.9 Å². The van der Waals surface area contributed by atoms with Gasteiger partial charge in [-0.25, -0.2) is 0 Å². The van der Waals surface area contributed by atoms with E-state index in [4.69, 9.17) is 0 Å². The monoisotopic (exact) mass is 621 g/mol. The molecule has 1 aromatic rings. The van der Waals surface area contributed by atoms with Crippen LogP contribution in [0.3, 0.4) is 0 Å². The standard InChI is InChI=1S/C39H72OS2/c1-4-7-10-13-16-18-20-23-26-29-32-41-37-34-36(31-28-25-22-15-12-9-6-3)35-38(39(37)40)42-33-30-27-24-21-19-17-14-11-8-5-2/h34-35,40H,4-33H2,1-3H3. The molecule has 0 spiro atoms. The van der Waals surface area contributed by atoms with Gasteiger partial charge in [0, 0.05) is 0 Å². The van der Waals surface area contributed by atoms with Crippen LogP contribution in [0.1, 0.15) is 200 Å². The van der Waals surface area contributed by atoms with Crippen molar-refractivity contribution in [2.24, 2.45) is 0 Å². The van der Waals surface area contributed by atoms with Crippen molar-refractivity contribution in [2.75, 3.05) is 11.5 Å². The van der Waals surface area contributed by atoms with Crippen LogP contribution < -0.4 is 0 Å². The molecule has 0 saturated heterocycles. The number of aromatic hydroxyl groups is 1. The van der Waals surface area contributed by atoms with Crippen LogP contribution in [0.2, 0.25) is 0 Å². The van der Waals surface area contributed by atoms with Crippen LogP contribution in [0, 0.1) is 0 Å². The lowest BCUT2D eigenvalue weighted by Crippen LogP contribution is -1.92. The lowest BCUT2D eigenvalue weighted by Gasteiger charge is -2.13. The van der Waals surface area contributed by atoms with Gasteiger partial charge < -0.3 is 5.11 Å². The highest BCUT2D eigenvalue weighted by Crippen LogP contribution is 2.39. The zero-order valence-electron chi connectivity index (χ0n) is 28.6. The summed E-state index contributed by atoms with van der Waals surface area (Å²) in [4.78, 5) is 2.27. The van der Waals surface area contributed by atoms with Gasteiger partial charge in [-0.15, -0.1) is 23.5 Å². The zero-order chi connectivity index (χ0) is 30.4. The summed E-state index contributed by atoms with van der Waals surface area (Å²) in [5.41, 5.74) is 1.44. The van der Waals surface area contributed by atoms with Gasteiger partial charge in [0.25, 0.3) is 0 Å². The zero-order valence-corrected chi connectivity index (χ0v) is 30.3. The third-order valence-corrected chi connectivity index (χ3v) is 10.9. The second kappa shape index (κ2) is 30.7. The number of benzene rings is 1. The maximum absolute atomic E-state index is 11.2. The summed E-state index contributed by atoms with van der Waals surface area (Å²) in [6, 6.07) is 4.63. The fourth-order valence-corrected chi connectivity index (χ4v) is 7.99. The fraction of sp³-hybridized carbons (Fsp3) is 0.846. The highest BCUT2D eigenvalue weighted by Gasteiger charge is 2.12. The second-order valence-corrected chi connectivity index (χ2v) is 15.1. The van der Waals surface area contributed by atoms with Crippen molar-refractivity contribution in [3.63, 3.8) is 0 Å². The van der Waals surface area contributed by atoms with E-state index < -0.39 is 0 Å². The molecule has 0 aliphatic rings. The van der Waals surface area contributed by atoms with Crippen LogP contribution in [0.5, 0.6) is 5.75 Å². The number of hydrogen-bond acceptors (Lipinski definition) is 3. The predicted octanol–water partition coefficient (Wildman–Crippen LogP) is 14.7. The molecule has 0 saturated carbocycles. The summed E-state index contributed by atoms with van der Waals surface area (Å²) < 4.78 is 0. The Hall–Kier alpha value is -0.280. The lowest BCUT2D eigenvalue weighted by atomic mass is 10.0. The maximum atomic E-state index is 11.2. The summed E-state index contributed by atoms with van der Waals surface area (Å²) in [7, 11) is 0. The molecule has 0 aromatic heterocycles. The quantitative estimate of drug-likeness (QED) is 0.0639. The minimum atomic E-state index is 0.562. The normalized spacial score (nSPS) is 11.5. The number of thioether (sulfide) groups is 2. The van der Waals surface area contributed by atoms with Gasteiger partial charge in [0.05, 0.1) is 9.79 Å². The summed E-state index contributed by atoms with van der Waals surface area (Å²) in [5, 5.41) is 11.2. The average molecular weight is 621 g/mol. The van der Waals surface area contributed by atoms with Gasteiger partial charge in [-0.05, 0) is 54.9 Å². The van der Waals surface area contributed by atoms with Crippen molar-refractivity contribution in [1.82, 2.24) is 0 Å². The van der Waals surface area contributed by atoms with E-state index in [1.54, 1.807) is 0 Å². The largest absolute Gasteiger partial charge is 0.506 e. The smallest absolute Gasteiger partial charge is 0.142 e. The molecule has 0 heterocycles. The number of unbranched alkanes of at least 4 members (excludes halogenated alkanes) is 24. The van der Waals surface area contributed by atoms with Crippen molar-refractivity contribution < 1.29 is 5.11 Å². The molecule has 0 radical (unpaired) electrons. The first-order chi connectivity index (χ1) is 20.7. The summed E-state index contributed by atoms with van der Waals surface area (Å²) >= 11 is 3.80. The van der Waals surface area contributed by atoms with E-state index in [9.17, 15) is 5.11 Å². The Morgan fingerprint density at radius 3 is 1.02 bits per heavy atom. The highest BCUT2D eigenvalue weighted by molar-refractivity contribution is 8.00. The Bertz CT molecular complexity index is 657. The average Bonchev–Trinajstić information content (AvgIpc) is 2.99. The second-order valence-electron chi connectivity index (χ2n) is 12.9. The fourth-order valence-electron chi connectivity index (χ4n) is 5.83. The molecule has 1 aromatic carbocycles. The minimum absolute atomic E-state index is 0.562. The molecule has 42 heavy (non-hydrogen) atoms. The van der Waals surface area contributed by atoms with Crippen molar-refractivity contribution in [2.45, 2.75) is 210 Å². The van der Waals surface area contributed by atoms with Gasteiger partial charge in [0.2, 0.25) is 0 Å². The van der Waals surface area contributed by atoms with Gasteiger partial charge in [0.15, 0.2) is 0 Å². The third-order valence-electron chi connectivity index (χ3n) is 8.68. The molecular weight excluding hydrogens is 549 g/mol. The van der Waals surface area contributed by atoms with Crippen molar-refractivity contribution in [3.8, 4) is 5.75 Å². The van der Waals surface area contributed by atoms with Crippen LogP contribution in [-0.2, 0) is 6.42 Å². The maximum Gasteiger partial charge on any atom is 0.142 e. The highest BCUT2D eigenvalue weighted by atomic mass is 32.2. The van der Waals surface area contributed by atoms with Crippen molar-refractivity contribution >= 4 is 23.5 Å². The Morgan fingerprint density at radius 1 is 0.405 bits per heavy atom. The van der Waals surface area contributed by atoms with Crippen molar-refractivity contribution in [1.29, 1.82) is 0 Å². The molecule has 1 rings (SSSR count). The molecule has 3 heteroatoms. The molecule has 0 bridgehead atoms. The number of rotatable bonds is 32. The van der Waals surface area contributed by atoms with Gasteiger partial charge in [-0.1, -0.05) is 175 Å². The van der Waals surface area contributed by atoms with E-state index >= 15 is 0 Å². The van der Waals surface area contributed by atoms with E-state index in [0.29, 0.717) is 5.75 Å². The van der Waals surface area contributed by atoms with Crippen LogP contribution >= 0.6 is 23.5 Å². The molecule has 0 aliphatic heterocycles. The molecule has 1 N–H and O–H groups in total. The summed E-state index contributed by atoms with van der Waals surface area (Å²) in [5.74, 6) is 2.83. The third kappa shape index (κ3) is 23.1. The molecule has 246 valence electrons. The van der Waals surface area contributed by atoms with Crippen molar-refractivity contribution in [3.05, 3.63) is 17.7 Å². The Kier molecular flexibility index (Phi) is 29.1. The molecule has 0 unspecified atom stereocenters. The molecule has 1 nitrogen and oxygen atoms in total. The molecule has 0 amide bonds. The van der Waals surface area contributed by atoms with Crippen LogP contribution in [-0.4, -0.2) is 16.6 Å². The summed E-state index contributed by atoms with van der Waals surface area (Å²) in [6.45, 7) is 6.88. The molecule has 0 atom stereocenters. The number of hydrogen-bond donors (Lipinski definition) is 1. The first kappa shape index (κ1) is 39.7. The van der Waals surface area contributed by atoms with E-state index in [1.165, 1.54) is 179 Å². The Balaban J connectivity index is 2.42. The number of aryl methyl sites for hydroxylation is 1. The first-order valence-electron chi connectivity index (χ1n) is 18.8. The molecule has 0 fully saturated rings. The van der Waals surface area contributed by atoms with Gasteiger partial charge in [0.1, 0.15) is 5.75 Å². The van der Waals surface area contributed by atoms with E-state index in [1.807, 2.05) is 23.5 Å². The van der Waals surface area contributed by atoms with Gasteiger partial charge in [-0.3, -0.25) is 0 Å². The Labute approximate surface area is 273 Å². The first-order valence-corrected chi connectivity index (χ1v) is 20.8. The van der Waals surface area contributed by atoms with Crippen LogP contribution in [0.4, 0.5) is 0 Å². The van der Waals surface area contributed by atoms with Gasteiger partial charge >= 0.3 is 0 Å². The molecular formula is C39H72OS2. The number of phenols is 1. The van der Waals surface area contributed by atoms with E-state index in [2.05, 4.69) is 32.9 Å². The lowest BCUT2D eigenvalue weighted by molar-refractivity contribution is 0.448. The topological polar surface area (TPSA) is 20.2 Å². The predicted molar refractivity (Wildman–Crippen MR) is 195 cm³/mol. The van der Waals surface area contributed by atoms with E-state index in [-0.39, 0.29) is 0 Å². The SMILES string of the molecule is CCCCCCCCCCCCSc1cc(CCCCCCCCC)cc(SCCCCCCCCCCCC)c1O. The minimum Gasteiger partial charge on any atom is -0.506 e.